The third kappa shape index (κ3) is 8.19. The number of thiol groups is 1. The summed E-state index contributed by atoms with van der Waals surface area (Å²) >= 11 is 4.45. The van der Waals surface area contributed by atoms with Crippen LogP contribution < -0.4 is 0 Å². The second-order valence-electron chi connectivity index (χ2n) is 3.13. The predicted octanol–water partition coefficient (Wildman–Crippen LogP) is 4.04. The van der Waals surface area contributed by atoms with E-state index in [0.717, 1.165) is 12.8 Å². The van der Waals surface area contributed by atoms with Gasteiger partial charge in [-0.15, -0.1) is 0 Å². The lowest BCUT2D eigenvalue weighted by molar-refractivity contribution is 0.767. The van der Waals surface area contributed by atoms with Gasteiger partial charge in [-0.05, 0) is 12.8 Å². The van der Waals surface area contributed by atoms with Crippen LogP contribution in [-0.4, -0.2) is 5.25 Å². The van der Waals surface area contributed by atoms with Gasteiger partial charge in [0.25, 0.3) is 0 Å². The fourth-order valence-corrected chi connectivity index (χ4v) is 1.33. The summed E-state index contributed by atoms with van der Waals surface area (Å²) in [4.78, 5) is 0. The van der Waals surface area contributed by atoms with Gasteiger partial charge in [0.15, 0.2) is 0 Å². The molecule has 1 radical (unpaired) electrons. The first kappa shape index (κ1) is 12.1. The van der Waals surface area contributed by atoms with Crippen molar-refractivity contribution in [2.75, 3.05) is 0 Å². The Balaban J connectivity index is 3.27. The molecule has 0 nitrogen and oxygen atoms in total. The molecule has 0 amide bonds. The first-order valence-electron chi connectivity index (χ1n) is 4.95. The van der Waals surface area contributed by atoms with Crippen LogP contribution in [0.1, 0.15) is 45.4 Å². The Labute approximate surface area is 82.9 Å². The summed E-state index contributed by atoms with van der Waals surface area (Å²) in [5, 5.41) is 0.448. The molecular formula is C11H21S. The van der Waals surface area contributed by atoms with Gasteiger partial charge >= 0.3 is 0 Å². The summed E-state index contributed by atoms with van der Waals surface area (Å²) in [6.45, 7) is 6.03. The lowest BCUT2D eigenvalue weighted by Gasteiger charge is -2.02. The molecule has 0 aromatic carbocycles. The summed E-state index contributed by atoms with van der Waals surface area (Å²) in [6.07, 6.45) is 11.6. The minimum atomic E-state index is 0.448. The van der Waals surface area contributed by atoms with E-state index in [1.165, 1.54) is 25.7 Å². The maximum atomic E-state index is 4.45. The Morgan fingerprint density at radius 3 is 2.75 bits per heavy atom. The van der Waals surface area contributed by atoms with Gasteiger partial charge in [0.2, 0.25) is 0 Å². The van der Waals surface area contributed by atoms with Crippen LogP contribution in [0.3, 0.4) is 0 Å². The van der Waals surface area contributed by atoms with Crippen LogP contribution in [0.2, 0.25) is 0 Å². The van der Waals surface area contributed by atoms with Crippen molar-refractivity contribution >= 4 is 12.6 Å². The van der Waals surface area contributed by atoms with E-state index < -0.39 is 0 Å². The number of rotatable bonds is 7. The van der Waals surface area contributed by atoms with Gasteiger partial charge in [-0.1, -0.05) is 51.7 Å². The molecule has 0 N–H and O–H groups in total. The van der Waals surface area contributed by atoms with Gasteiger partial charge in [0.05, 0.1) is 0 Å². The first-order valence-corrected chi connectivity index (χ1v) is 5.46. The predicted molar refractivity (Wildman–Crippen MR) is 60.6 cm³/mol. The summed E-state index contributed by atoms with van der Waals surface area (Å²) < 4.78 is 0. The third-order valence-corrected chi connectivity index (χ3v) is 2.26. The molecule has 0 aromatic rings. The molecule has 1 atom stereocenters. The van der Waals surface area contributed by atoms with E-state index in [-0.39, 0.29) is 0 Å². The lowest BCUT2D eigenvalue weighted by atomic mass is 10.1. The average Bonchev–Trinajstić information content (AvgIpc) is 2.09. The topological polar surface area (TPSA) is 0 Å². The zero-order valence-electron chi connectivity index (χ0n) is 8.13. The van der Waals surface area contributed by atoms with Gasteiger partial charge < -0.3 is 0 Å². The summed E-state index contributed by atoms with van der Waals surface area (Å²) in [5.41, 5.74) is 0. The normalized spacial score (nSPS) is 13.9. The van der Waals surface area contributed by atoms with Crippen LogP contribution >= 0.6 is 12.6 Å². The molecule has 0 rings (SSSR count). The first-order chi connectivity index (χ1) is 5.81. The quantitative estimate of drug-likeness (QED) is 0.345. The van der Waals surface area contributed by atoms with Crippen LogP contribution in [0.5, 0.6) is 0 Å². The summed E-state index contributed by atoms with van der Waals surface area (Å²) in [6, 6.07) is 0. The molecule has 0 aromatic heterocycles. The summed E-state index contributed by atoms with van der Waals surface area (Å²) in [5.74, 6) is 0. The molecule has 1 heteroatoms. The number of unbranched alkanes of at least 4 members (excludes halogenated alkanes) is 3. The van der Waals surface area contributed by atoms with Gasteiger partial charge in [0, 0.05) is 5.25 Å². The second kappa shape index (κ2) is 9.18. The van der Waals surface area contributed by atoms with Gasteiger partial charge in [-0.25, -0.2) is 0 Å². The third-order valence-electron chi connectivity index (χ3n) is 1.83. The van der Waals surface area contributed by atoms with Gasteiger partial charge in [0.1, 0.15) is 0 Å². The molecule has 0 saturated heterocycles. The van der Waals surface area contributed by atoms with E-state index in [2.05, 4.69) is 38.6 Å². The average molecular weight is 185 g/mol. The summed E-state index contributed by atoms with van der Waals surface area (Å²) in [7, 11) is 0. The molecule has 71 valence electrons. The Morgan fingerprint density at radius 2 is 2.17 bits per heavy atom. The van der Waals surface area contributed by atoms with Crippen LogP contribution in [0.15, 0.2) is 12.2 Å². The highest BCUT2D eigenvalue weighted by atomic mass is 32.1. The Hall–Kier alpha value is 0.0900. The number of hydrogen-bond donors (Lipinski definition) is 1. The molecule has 0 saturated carbocycles. The molecule has 0 heterocycles. The van der Waals surface area contributed by atoms with Crippen molar-refractivity contribution < 1.29 is 0 Å². The fraction of sp³-hybridized carbons (Fsp3) is 0.727. The van der Waals surface area contributed by atoms with E-state index in [1.807, 2.05) is 0 Å². The maximum Gasteiger partial charge on any atom is 0.0196 e. The monoisotopic (exact) mass is 185 g/mol. The standard InChI is InChI=1S/C11H21S/c1-3-5-7-8-10-11(12)9-6-4-2/h8,10-12H,2-7,9H2,1H3. The lowest BCUT2D eigenvalue weighted by Crippen LogP contribution is -1.92. The van der Waals surface area contributed by atoms with Gasteiger partial charge in [-0.2, -0.15) is 12.6 Å². The molecular weight excluding hydrogens is 164 g/mol. The van der Waals surface area contributed by atoms with Crippen LogP contribution in [0.25, 0.3) is 0 Å². The largest absolute Gasteiger partial charge is 0.172 e. The van der Waals surface area contributed by atoms with E-state index in [1.54, 1.807) is 0 Å². The minimum Gasteiger partial charge on any atom is -0.172 e. The van der Waals surface area contributed by atoms with Crippen molar-refractivity contribution in [3.63, 3.8) is 0 Å². The number of allylic oxidation sites excluding steroid dienone is 1. The van der Waals surface area contributed by atoms with E-state index >= 15 is 0 Å². The number of hydrogen-bond acceptors (Lipinski definition) is 1. The van der Waals surface area contributed by atoms with Crippen molar-refractivity contribution in [3.05, 3.63) is 19.1 Å². The van der Waals surface area contributed by atoms with Crippen molar-refractivity contribution in [3.8, 4) is 0 Å². The molecule has 0 fully saturated rings. The van der Waals surface area contributed by atoms with Crippen LogP contribution in [0, 0.1) is 6.92 Å². The van der Waals surface area contributed by atoms with Crippen molar-refractivity contribution in [2.24, 2.45) is 0 Å². The highest BCUT2D eigenvalue weighted by Crippen LogP contribution is 2.08. The van der Waals surface area contributed by atoms with Crippen LogP contribution in [-0.2, 0) is 0 Å². The highest BCUT2D eigenvalue weighted by Gasteiger charge is 1.94. The van der Waals surface area contributed by atoms with Gasteiger partial charge in [-0.3, -0.25) is 0 Å². The van der Waals surface area contributed by atoms with Crippen LogP contribution in [0.4, 0.5) is 0 Å². The SMILES string of the molecule is [CH2]CCCC(S)C=CCCCC. The van der Waals surface area contributed by atoms with E-state index in [4.69, 9.17) is 0 Å². The van der Waals surface area contributed by atoms with Crippen molar-refractivity contribution in [1.82, 2.24) is 0 Å². The van der Waals surface area contributed by atoms with Crippen molar-refractivity contribution in [1.29, 1.82) is 0 Å². The Bertz CT molecular complexity index is 108. The maximum absolute atomic E-state index is 4.45. The molecule has 12 heavy (non-hydrogen) atoms. The molecule has 1 unspecified atom stereocenters. The fourth-order valence-electron chi connectivity index (χ4n) is 1.02. The zero-order valence-corrected chi connectivity index (χ0v) is 9.02. The smallest absolute Gasteiger partial charge is 0.0196 e. The molecule has 0 aliphatic carbocycles. The molecule has 0 aliphatic heterocycles. The second-order valence-corrected chi connectivity index (χ2v) is 3.80. The Kier molecular flexibility index (Phi) is 9.25. The molecule has 0 bridgehead atoms. The minimum absolute atomic E-state index is 0.448. The van der Waals surface area contributed by atoms with E-state index in [0.29, 0.717) is 5.25 Å². The zero-order chi connectivity index (χ0) is 9.23. The Morgan fingerprint density at radius 1 is 1.42 bits per heavy atom. The van der Waals surface area contributed by atoms with E-state index in [9.17, 15) is 0 Å². The highest BCUT2D eigenvalue weighted by molar-refractivity contribution is 7.81. The molecule has 0 spiro atoms. The molecule has 0 aliphatic rings. The van der Waals surface area contributed by atoms with Crippen molar-refractivity contribution in [2.45, 2.75) is 50.7 Å².